The molecule has 0 saturated heterocycles. The Kier molecular flexibility index (Phi) is 6.33. The molecule has 1 amide bonds. The molecule has 1 aliphatic carbocycles. The van der Waals surface area contributed by atoms with Gasteiger partial charge in [-0.1, -0.05) is 60.7 Å². The molecule has 3 aromatic rings. The van der Waals surface area contributed by atoms with E-state index in [1.54, 1.807) is 12.1 Å². The predicted molar refractivity (Wildman–Crippen MR) is 123 cm³/mol. The first-order valence-corrected chi connectivity index (χ1v) is 11.1. The zero-order chi connectivity index (χ0) is 22.0. The number of hydrogen-bond donors (Lipinski definition) is 1. The lowest BCUT2D eigenvalue weighted by atomic mass is 9.95. The maximum atomic E-state index is 13.3. The van der Waals surface area contributed by atoms with Crippen LogP contribution in [0.1, 0.15) is 43.2 Å². The van der Waals surface area contributed by atoms with E-state index in [4.69, 9.17) is 20.8 Å². The third-order valence-corrected chi connectivity index (χ3v) is 6.17. The first-order chi connectivity index (χ1) is 14.9. The maximum absolute atomic E-state index is 13.3. The lowest BCUT2D eigenvalue weighted by molar-refractivity contribution is -0.124. The van der Waals surface area contributed by atoms with Gasteiger partial charge in [0.15, 0.2) is 12.4 Å². The molecular formula is C25H26ClNO4. The Bertz CT molecular complexity index is 1160. The number of aryl methyl sites for hydroxylation is 2. The largest absolute Gasteiger partial charge is 0.476 e. The third kappa shape index (κ3) is 4.77. The van der Waals surface area contributed by atoms with Crippen molar-refractivity contribution in [2.45, 2.75) is 52.0 Å². The number of ether oxygens (including phenoxy) is 1. The Morgan fingerprint density at radius 2 is 1.84 bits per heavy atom. The van der Waals surface area contributed by atoms with E-state index in [1.165, 1.54) is 6.42 Å². The minimum absolute atomic E-state index is 0.0232. The van der Waals surface area contributed by atoms with Gasteiger partial charge in [-0.15, -0.1) is 0 Å². The molecule has 0 bridgehead atoms. The highest BCUT2D eigenvalue weighted by Gasteiger charge is 2.21. The number of halogens is 1. The fourth-order valence-corrected chi connectivity index (χ4v) is 4.14. The van der Waals surface area contributed by atoms with Gasteiger partial charge >= 0.3 is 0 Å². The standard InChI is InChI=1S/C25H26ClNO4/c1-15-8-10-17(11-9-15)24-25(30-14-22(28)27-18-6-4-3-5-7-18)23(29)19-13-20(26)16(2)12-21(19)31-24/h8-13,18H,3-7,14H2,1-2H3,(H,27,28). The topological polar surface area (TPSA) is 68.5 Å². The van der Waals surface area contributed by atoms with E-state index in [-0.39, 0.29) is 29.7 Å². The van der Waals surface area contributed by atoms with Gasteiger partial charge in [0, 0.05) is 16.6 Å². The molecule has 0 atom stereocenters. The van der Waals surface area contributed by atoms with Gasteiger partial charge < -0.3 is 14.5 Å². The molecule has 0 unspecified atom stereocenters. The molecule has 1 aliphatic rings. The molecule has 6 heteroatoms. The fourth-order valence-electron chi connectivity index (χ4n) is 3.98. The van der Waals surface area contributed by atoms with Crippen LogP contribution in [-0.2, 0) is 4.79 Å². The summed E-state index contributed by atoms with van der Waals surface area (Å²) in [6.45, 7) is 3.59. The van der Waals surface area contributed by atoms with Crippen molar-refractivity contribution >= 4 is 28.5 Å². The number of rotatable bonds is 5. The van der Waals surface area contributed by atoms with Gasteiger partial charge in [-0.3, -0.25) is 9.59 Å². The van der Waals surface area contributed by atoms with E-state index in [0.29, 0.717) is 27.3 Å². The van der Waals surface area contributed by atoms with Gasteiger partial charge in [-0.05, 0) is 44.4 Å². The number of amides is 1. The number of fused-ring (bicyclic) bond motifs is 1. The quantitative estimate of drug-likeness (QED) is 0.565. The fraction of sp³-hybridized carbons (Fsp3) is 0.360. The number of carbonyl (C=O) groups is 1. The molecule has 4 rings (SSSR count). The van der Waals surface area contributed by atoms with Gasteiger partial charge in [0.2, 0.25) is 11.2 Å². The van der Waals surface area contributed by atoms with E-state index >= 15 is 0 Å². The summed E-state index contributed by atoms with van der Waals surface area (Å²) in [5.74, 6) is 0.1000. The summed E-state index contributed by atoms with van der Waals surface area (Å²) in [6.07, 6.45) is 5.42. The van der Waals surface area contributed by atoms with Crippen molar-refractivity contribution in [3.63, 3.8) is 0 Å². The van der Waals surface area contributed by atoms with Gasteiger partial charge in [0.25, 0.3) is 5.91 Å². The van der Waals surface area contributed by atoms with Crippen molar-refractivity contribution in [1.29, 1.82) is 0 Å². The SMILES string of the molecule is Cc1ccc(-c2oc3cc(C)c(Cl)cc3c(=O)c2OCC(=O)NC2CCCCC2)cc1. The summed E-state index contributed by atoms with van der Waals surface area (Å²) in [7, 11) is 0. The molecule has 1 fully saturated rings. The van der Waals surface area contributed by atoms with Crippen LogP contribution >= 0.6 is 11.6 Å². The highest BCUT2D eigenvalue weighted by molar-refractivity contribution is 6.32. The second kappa shape index (κ2) is 9.15. The van der Waals surface area contributed by atoms with Crippen molar-refractivity contribution in [2.24, 2.45) is 0 Å². The summed E-state index contributed by atoms with van der Waals surface area (Å²) in [4.78, 5) is 25.7. The lowest BCUT2D eigenvalue weighted by Gasteiger charge is -2.22. The van der Waals surface area contributed by atoms with Crippen LogP contribution in [0.4, 0.5) is 0 Å². The monoisotopic (exact) mass is 439 g/mol. The summed E-state index contributed by atoms with van der Waals surface area (Å²) in [5.41, 5.74) is 2.70. The van der Waals surface area contributed by atoms with E-state index < -0.39 is 0 Å². The van der Waals surface area contributed by atoms with Crippen LogP contribution in [0.15, 0.2) is 45.6 Å². The van der Waals surface area contributed by atoms with Gasteiger partial charge in [0.1, 0.15) is 5.58 Å². The van der Waals surface area contributed by atoms with Crippen LogP contribution in [0, 0.1) is 13.8 Å². The minimum Gasteiger partial charge on any atom is -0.476 e. The van der Waals surface area contributed by atoms with Crippen LogP contribution in [0.2, 0.25) is 5.02 Å². The van der Waals surface area contributed by atoms with Crippen LogP contribution in [0.3, 0.4) is 0 Å². The van der Waals surface area contributed by atoms with E-state index in [2.05, 4.69) is 5.32 Å². The molecule has 0 aliphatic heterocycles. The van der Waals surface area contributed by atoms with Gasteiger partial charge in [-0.2, -0.15) is 0 Å². The molecule has 1 aromatic heterocycles. The first-order valence-electron chi connectivity index (χ1n) is 10.7. The molecule has 162 valence electrons. The second-order valence-electron chi connectivity index (χ2n) is 8.24. The zero-order valence-corrected chi connectivity index (χ0v) is 18.6. The Morgan fingerprint density at radius 3 is 2.55 bits per heavy atom. The summed E-state index contributed by atoms with van der Waals surface area (Å²) in [5, 5.41) is 3.82. The Balaban J connectivity index is 1.69. The van der Waals surface area contributed by atoms with Crippen molar-refractivity contribution in [3.8, 4) is 17.1 Å². The van der Waals surface area contributed by atoms with Crippen LogP contribution < -0.4 is 15.5 Å². The number of benzene rings is 2. The molecule has 2 aromatic carbocycles. The summed E-state index contributed by atoms with van der Waals surface area (Å²) < 4.78 is 11.9. The second-order valence-corrected chi connectivity index (χ2v) is 8.65. The summed E-state index contributed by atoms with van der Waals surface area (Å²) >= 11 is 6.24. The van der Waals surface area contributed by atoms with Gasteiger partial charge in [-0.25, -0.2) is 0 Å². The average Bonchev–Trinajstić information content (AvgIpc) is 2.76. The van der Waals surface area contributed by atoms with Crippen molar-refractivity contribution < 1.29 is 13.9 Å². The minimum atomic E-state index is -0.343. The Hall–Kier alpha value is -2.79. The van der Waals surface area contributed by atoms with E-state index in [0.717, 1.165) is 36.8 Å². The highest BCUT2D eigenvalue weighted by Crippen LogP contribution is 2.33. The molecule has 31 heavy (non-hydrogen) atoms. The molecule has 0 radical (unpaired) electrons. The molecule has 1 N–H and O–H groups in total. The zero-order valence-electron chi connectivity index (χ0n) is 17.8. The van der Waals surface area contributed by atoms with E-state index in [9.17, 15) is 9.59 Å². The number of hydrogen-bond acceptors (Lipinski definition) is 4. The predicted octanol–water partition coefficient (Wildman–Crippen LogP) is 5.56. The van der Waals surface area contributed by atoms with Crippen LogP contribution in [-0.4, -0.2) is 18.6 Å². The molecule has 5 nitrogen and oxygen atoms in total. The normalized spacial score (nSPS) is 14.5. The van der Waals surface area contributed by atoms with Crippen LogP contribution in [0.25, 0.3) is 22.3 Å². The number of nitrogens with one attached hydrogen (secondary N) is 1. The smallest absolute Gasteiger partial charge is 0.258 e. The summed E-state index contributed by atoms with van der Waals surface area (Å²) in [6, 6.07) is 11.1. The molecular weight excluding hydrogens is 414 g/mol. The van der Waals surface area contributed by atoms with Crippen molar-refractivity contribution in [1.82, 2.24) is 5.32 Å². The Morgan fingerprint density at radius 1 is 1.13 bits per heavy atom. The molecule has 0 spiro atoms. The maximum Gasteiger partial charge on any atom is 0.258 e. The van der Waals surface area contributed by atoms with Gasteiger partial charge in [0.05, 0.1) is 5.39 Å². The van der Waals surface area contributed by atoms with Crippen molar-refractivity contribution in [2.75, 3.05) is 6.61 Å². The third-order valence-electron chi connectivity index (χ3n) is 5.76. The lowest BCUT2D eigenvalue weighted by Crippen LogP contribution is -2.39. The average molecular weight is 440 g/mol. The van der Waals surface area contributed by atoms with Crippen molar-refractivity contribution in [3.05, 3.63) is 62.8 Å². The highest BCUT2D eigenvalue weighted by atomic mass is 35.5. The molecule has 1 heterocycles. The first kappa shape index (κ1) is 21.4. The number of carbonyl (C=O) groups excluding carboxylic acids is 1. The van der Waals surface area contributed by atoms with Crippen LogP contribution in [0.5, 0.6) is 5.75 Å². The molecule has 1 saturated carbocycles. The Labute approximate surface area is 186 Å². The van der Waals surface area contributed by atoms with E-state index in [1.807, 2.05) is 38.1 Å².